The third-order valence-electron chi connectivity index (χ3n) is 3.95. The van der Waals surface area contributed by atoms with Gasteiger partial charge in [-0.2, -0.15) is 0 Å². The smallest absolute Gasteiger partial charge is 0.410 e. The van der Waals surface area contributed by atoms with Crippen LogP contribution >= 0.6 is 0 Å². The molecule has 0 aromatic rings. The minimum atomic E-state index is -0.430. The Morgan fingerprint density at radius 1 is 1.42 bits per heavy atom. The first-order valence-corrected chi connectivity index (χ1v) is 7.15. The normalized spacial score (nSPS) is 26.7. The highest BCUT2D eigenvalue weighted by Crippen LogP contribution is 2.38. The van der Waals surface area contributed by atoms with Crippen molar-refractivity contribution < 1.29 is 14.3 Å². The van der Waals surface area contributed by atoms with Crippen LogP contribution in [0.4, 0.5) is 4.79 Å². The van der Waals surface area contributed by atoms with Crippen LogP contribution in [0.15, 0.2) is 0 Å². The van der Waals surface area contributed by atoms with Crippen LogP contribution in [-0.4, -0.2) is 48.4 Å². The van der Waals surface area contributed by atoms with Crippen LogP contribution < -0.4 is 5.73 Å². The zero-order chi connectivity index (χ0) is 14.1. The molecular formula is C14H26N2O3. The first-order valence-electron chi connectivity index (χ1n) is 7.15. The van der Waals surface area contributed by atoms with E-state index in [1.54, 1.807) is 4.90 Å². The van der Waals surface area contributed by atoms with E-state index in [1.807, 2.05) is 20.8 Å². The van der Waals surface area contributed by atoms with Crippen molar-refractivity contribution in [3.05, 3.63) is 0 Å². The Morgan fingerprint density at radius 3 is 2.53 bits per heavy atom. The average molecular weight is 270 g/mol. The van der Waals surface area contributed by atoms with Crippen molar-refractivity contribution in [2.24, 2.45) is 11.7 Å². The molecule has 0 aromatic carbocycles. The first-order chi connectivity index (χ1) is 8.84. The summed E-state index contributed by atoms with van der Waals surface area (Å²) in [6.07, 6.45) is 2.60. The molecule has 1 amide bonds. The lowest BCUT2D eigenvalue weighted by Gasteiger charge is -2.39. The second-order valence-corrected chi connectivity index (χ2v) is 6.77. The number of amides is 1. The number of carbonyl (C=O) groups excluding carboxylic acids is 1. The third kappa shape index (κ3) is 3.60. The Bertz CT molecular complexity index is 330. The number of hydrogen-bond acceptors (Lipinski definition) is 4. The van der Waals surface area contributed by atoms with Gasteiger partial charge < -0.3 is 20.1 Å². The van der Waals surface area contributed by atoms with Gasteiger partial charge in [0.2, 0.25) is 0 Å². The zero-order valence-corrected chi connectivity index (χ0v) is 12.3. The second-order valence-electron chi connectivity index (χ2n) is 6.77. The largest absolute Gasteiger partial charge is 0.444 e. The molecule has 1 spiro atoms. The van der Waals surface area contributed by atoms with Gasteiger partial charge >= 0.3 is 6.09 Å². The van der Waals surface area contributed by atoms with Crippen molar-refractivity contribution >= 4 is 6.09 Å². The van der Waals surface area contributed by atoms with Gasteiger partial charge in [-0.05, 0) is 52.5 Å². The van der Waals surface area contributed by atoms with Gasteiger partial charge in [0.25, 0.3) is 0 Å². The highest BCUT2D eigenvalue weighted by Gasteiger charge is 2.43. The van der Waals surface area contributed by atoms with E-state index in [0.717, 1.165) is 25.9 Å². The molecule has 0 aliphatic carbocycles. The Labute approximate surface area is 115 Å². The lowest BCUT2D eigenvalue weighted by atomic mass is 9.85. The minimum absolute atomic E-state index is 0.0391. The van der Waals surface area contributed by atoms with E-state index in [4.69, 9.17) is 15.2 Å². The maximum Gasteiger partial charge on any atom is 0.410 e. The molecular weight excluding hydrogens is 244 g/mol. The Kier molecular flexibility index (Phi) is 4.06. The topological polar surface area (TPSA) is 64.8 Å². The summed E-state index contributed by atoms with van der Waals surface area (Å²) in [5.74, 6) is 0.480. The molecule has 110 valence electrons. The van der Waals surface area contributed by atoms with Crippen LogP contribution in [0.2, 0.25) is 0 Å². The molecule has 0 saturated carbocycles. The molecule has 1 atom stereocenters. The number of nitrogens with two attached hydrogens (primary N) is 1. The first kappa shape index (κ1) is 14.6. The highest BCUT2D eigenvalue weighted by atomic mass is 16.6. The van der Waals surface area contributed by atoms with E-state index < -0.39 is 5.60 Å². The SMILES string of the molecule is CC(C)(C)OC(=O)N1CCC2(CC1)C[C@@H](CN)CO2. The Morgan fingerprint density at radius 2 is 2.05 bits per heavy atom. The van der Waals surface area contributed by atoms with Crippen molar-refractivity contribution in [1.82, 2.24) is 4.90 Å². The van der Waals surface area contributed by atoms with E-state index in [0.29, 0.717) is 25.6 Å². The number of likely N-dealkylation sites (tertiary alicyclic amines) is 1. The molecule has 0 unspecified atom stereocenters. The molecule has 5 heteroatoms. The van der Waals surface area contributed by atoms with E-state index in [9.17, 15) is 4.79 Å². The van der Waals surface area contributed by atoms with E-state index in [1.165, 1.54) is 0 Å². The predicted octanol–water partition coefficient (Wildman–Crippen LogP) is 1.75. The number of hydrogen-bond donors (Lipinski definition) is 1. The highest BCUT2D eigenvalue weighted by molar-refractivity contribution is 5.68. The number of carbonyl (C=O) groups is 1. The molecule has 2 rings (SSSR count). The van der Waals surface area contributed by atoms with Gasteiger partial charge in [0.05, 0.1) is 12.2 Å². The molecule has 2 N–H and O–H groups in total. The van der Waals surface area contributed by atoms with Crippen LogP contribution in [0, 0.1) is 5.92 Å². The Hall–Kier alpha value is -0.810. The summed E-state index contributed by atoms with van der Waals surface area (Å²) in [7, 11) is 0. The summed E-state index contributed by atoms with van der Waals surface area (Å²) >= 11 is 0. The van der Waals surface area contributed by atoms with Crippen molar-refractivity contribution in [3.8, 4) is 0 Å². The van der Waals surface area contributed by atoms with Crippen LogP contribution in [0.25, 0.3) is 0 Å². The van der Waals surface area contributed by atoms with Gasteiger partial charge in [-0.1, -0.05) is 0 Å². The van der Waals surface area contributed by atoms with Gasteiger partial charge in [0.1, 0.15) is 5.60 Å². The molecule has 0 radical (unpaired) electrons. The second kappa shape index (κ2) is 5.29. The monoisotopic (exact) mass is 270 g/mol. The van der Waals surface area contributed by atoms with Gasteiger partial charge in [-0.15, -0.1) is 0 Å². The van der Waals surface area contributed by atoms with Crippen molar-refractivity contribution in [2.75, 3.05) is 26.2 Å². The Balaban J connectivity index is 1.84. The lowest BCUT2D eigenvalue weighted by Crippen LogP contribution is -2.48. The quantitative estimate of drug-likeness (QED) is 0.788. The zero-order valence-electron chi connectivity index (χ0n) is 12.3. The van der Waals surface area contributed by atoms with Crippen LogP contribution in [0.3, 0.4) is 0 Å². The molecule has 5 nitrogen and oxygen atoms in total. The van der Waals surface area contributed by atoms with Crippen molar-refractivity contribution in [2.45, 2.75) is 51.2 Å². The molecule has 2 heterocycles. The van der Waals surface area contributed by atoms with Crippen molar-refractivity contribution in [1.29, 1.82) is 0 Å². The standard InChI is InChI=1S/C14H26N2O3/c1-13(2,3)19-12(17)16-6-4-14(5-7-16)8-11(9-15)10-18-14/h11H,4-10,15H2,1-3H3/t11-/m0/s1. The lowest BCUT2D eigenvalue weighted by molar-refractivity contribution is -0.0486. The van der Waals surface area contributed by atoms with Crippen molar-refractivity contribution in [3.63, 3.8) is 0 Å². The van der Waals surface area contributed by atoms with Crippen LogP contribution in [0.5, 0.6) is 0 Å². The summed E-state index contributed by atoms with van der Waals surface area (Å²) < 4.78 is 11.4. The van der Waals surface area contributed by atoms with Gasteiger partial charge in [-0.25, -0.2) is 4.79 Å². The maximum absolute atomic E-state index is 12.0. The summed E-state index contributed by atoms with van der Waals surface area (Å²) in [5, 5.41) is 0. The predicted molar refractivity (Wildman–Crippen MR) is 72.9 cm³/mol. The fourth-order valence-electron chi connectivity index (χ4n) is 2.86. The number of piperidine rings is 1. The van der Waals surface area contributed by atoms with Gasteiger partial charge in [-0.3, -0.25) is 0 Å². The van der Waals surface area contributed by atoms with E-state index in [-0.39, 0.29) is 11.7 Å². The molecule has 19 heavy (non-hydrogen) atoms. The van der Waals surface area contributed by atoms with Gasteiger partial charge in [0.15, 0.2) is 0 Å². The number of rotatable bonds is 1. The molecule has 0 aromatic heterocycles. The number of nitrogens with zero attached hydrogens (tertiary/aromatic N) is 1. The van der Waals surface area contributed by atoms with Crippen LogP contribution in [0.1, 0.15) is 40.0 Å². The molecule has 2 fully saturated rings. The van der Waals surface area contributed by atoms with E-state index in [2.05, 4.69) is 0 Å². The average Bonchev–Trinajstić information content (AvgIpc) is 2.71. The summed E-state index contributed by atoms with van der Waals surface area (Å²) in [4.78, 5) is 13.8. The molecule has 2 saturated heterocycles. The third-order valence-corrected chi connectivity index (χ3v) is 3.95. The molecule has 2 aliphatic rings. The number of ether oxygens (including phenoxy) is 2. The van der Waals surface area contributed by atoms with E-state index >= 15 is 0 Å². The summed E-state index contributed by atoms with van der Waals surface area (Å²) in [5.41, 5.74) is 5.24. The summed E-state index contributed by atoms with van der Waals surface area (Å²) in [6.45, 7) is 8.56. The van der Waals surface area contributed by atoms with Gasteiger partial charge in [0, 0.05) is 13.1 Å². The maximum atomic E-state index is 12.0. The fourth-order valence-corrected chi connectivity index (χ4v) is 2.86. The fraction of sp³-hybridized carbons (Fsp3) is 0.929. The molecule has 2 aliphatic heterocycles. The van der Waals surface area contributed by atoms with Crippen LogP contribution in [-0.2, 0) is 9.47 Å². The summed E-state index contributed by atoms with van der Waals surface area (Å²) in [6, 6.07) is 0. The minimum Gasteiger partial charge on any atom is -0.444 e. The molecule has 0 bridgehead atoms.